The topological polar surface area (TPSA) is 135 Å². The molecule has 0 saturated carbocycles. The third kappa shape index (κ3) is 5.47. The van der Waals surface area contributed by atoms with Crippen LogP contribution in [0.25, 0.3) is 0 Å². The zero-order valence-electron chi connectivity index (χ0n) is 24.9. The summed E-state index contributed by atoms with van der Waals surface area (Å²) in [6, 6.07) is 2.33. The smallest absolute Gasteiger partial charge is 0.407 e. The van der Waals surface area contributed by atoms with Gasteiger partial charge in [-0.3, -0.25) is 4.90 Å². The molecule has 1 fully saturated rings. The molecule has 0 radical (unpaired) electrons. The van der Waals surface area contributed by atoms with Gasteiger partial charge >= 0.3 is 6.09 Å². The van der Waals surface area contributed by atoms with Crippen LogP contribution in [0.5, 0.6) is 28.7 Å². The average Bonchev–Trinajstić information content (AvgIpc) is 3.49. The van der Waals surface area contributed by atoms with E-state index in [1.54, 1.807) is 6.08 Å². The number of phenolic OH excluding ortho intramolecular Hbond substituents is 1. The Bertz CT molecular complexity index is 1590. The number of nitrogens with zero attached hydrogens (tertiary/aromatic N) is 2. The number of amides is 1. The molecule has 2 bridgehead atoms. The number of methoxy groups -OCH3 is 1. The van der Waals surface area contributed by atoms with Crippen molar-refractivity contribution in [2.24, 2.45) is 0 Å². The fourth-order valence-electron chi connectivity index (χ4n) is 7.33. The predicted octanol–water partition coefficient (Wildman–Crippen LogP) is 4.84. The Morgan fingerprint density at radius 2 is 2.02 bits per heavy atom. The van der Waals surface area contributed by atoms with E-state index < -0.39 is 28.6 Å². The summed E-state index contributed by atoms with van der Waals surface area (Å²) in [4.78, 5) is 14.9. The second-order valence-corrected chi connectivity index (χ2v) is 14.0. The molecule has 0 aromatic heterocycles. The number of alkyl carbamates (subject to hydrolysis) is 1. The van der Waals surface area contributed by atoms with Crippen LogP contribution in [0.3, 0.4) is 0 Å². The first-order valence-corrected chi connectivity index (χ1v) is 15.6. The first-order valence-electron chi connectivity index (χ1n) is 14.5. The van der Waals surface area contributed by atoms with Crippen LogP contribution >= 0.6 is 34.8 Å². The monoisotopic (exact) mass is 678 g/mol. The molecule has 6 rings (SSSR count). The zero-order valence-corrected chi connectivity index (χ0v) is 27.2. The standard InChI is InChI=1S/C31H33Cl3N4O7/c1-5-6-42-27-15(3)28-29(45-13-44-28)23-17(27)9-19-24-22-16(7-14(2)26(41-4)25(22)39)8-18(37-24)20(10-35)38(19)21(23)11-36-30(40)43-12-31(32,33)34/h5,7,18-21,24,37,39H,1,6,8-9,11-13H2,2-4H3,(H,36,40)/t18-,19+,20+,21+,24+/m1/s1. The maximum Gasteiger partial charge on any atom is 0.407 e. The van der Waals surface area contributed by atoms with E-state index in [0.29, 0.717) is 35.8 Å². The van der Waals surface area contributed by atoms with Gasteiger partial charge in [-0.05, 0) is 37.8 Å². The number of phenols is 1. The zero-order chi connectivity index (χ0) is 32.2. The highest BCUT2D eigenvalue weighted by atomic mass is 35.6. The van der Waals surface area contributed by atoms with Gasteiger partial charge in [0.15, 0.2) is 23.0 Å². The summed E-state index contributed by atoms with van der Waals surface area (Å²) >= 11 is 17.4. The summed E-state index contributed by atoms with van der Waals surface area (Å²) in [6.45, 7) is 7.44. The Morgan fingerprint density at radius 1 is 1.27 bits per heavy atom. The molecule has 14 heteroatoms. The molecule has 0 aliphatic carbocycles. The van der Waals surface area contributed by atoms with Crippen LogP contribution in [0, 0.1) is 25.2 Å². The van der Waals surface area contributed by atoms with E-state index >= 15 is 0 Å². The summed E-state index contributed by atoms with van der Waals surface area (Å²) in [5, 5.41) is 28.6. The third-order valence-electron chi connectivity index (χ3n) is 8.91. The number of rotatable bonds is 7. The van der Waals surface area contributed by atoms with Crippen molar-refractivity contribution in [3.8, 4) is 34.8 Å². The number of carbonyl (C=O) groups is 1. The van der Waals surface area contributed by atoms with Gasteiger partial charge in [0, 0.05) is 40.9 Å². The third-order valence-corrected chi connectivity index (χ3v) is 9.24. The number of ether oxygens (including phenoxy) is 5. The lowest BCUT2D eigenvalue weighted by Gasteiger charge is -2.56. The van der Waals surface area contributed by atoms with Crippen molar-refractivity contribution in [1.29, 1.82) is 5.26 Å². The lowest BCUT2D eigenvalue weighted by Crippen LogP contribution is -2.68. The number of halogens is 3. The van der Waals surface area contributed by atoms with Crippen molar-refractivity contribution in [3.63, 3.8) is 0 Å². The number of piperazine rings is 1. The highest BCUT2D eigenvalue weighted by molar-refractivity contribution is 6.67. The van der Waals surface area contributed by atoms with Gasteiger partial charge < -0.3 is 39.4 Å². The van der Waals surface area contributed by atoms with Crippen molar-refractivity contribution in [2.45, 2.75) is 60.7 Å². The Balaban J connectivity index is 1.51. The second kappa shape index (κ2) is 12.2. The molecule has 0 unspecified atom stereocenters. The van der Waals surface area contributed by atoms with Crippen LogP contribution in [0.1, 0.15) is 45.5 Å². The van der Waals surface area contributed by atoms with Gasteiger partial charge in [0.2, 0.25) is 10.6 Å². The number of carbonyl (C=O) groups excluding carboxylic acids is 1. The van der Waals surface area contributed by atoms with E-state index in [1.807, 2.05) is 19.9 Å². The molecule has 4 heterocycles. The number of aryl methyl sites for hydroxylation is 1. The number of alkyl halides is 3. The number of benzene rings is 2. The van der Waals surface area contributed by atoms with Gasteiger partial charge in [0.05, 0.1) is 25.3 Å². The van der Waals surface area contributed by atoms with E-state index in [-0.39, 0.29) is 43.8 Å². The van der Waals surface area contributed by atoms with Crippen LogP contribution < -0.4 is 29.6 Å². The average molecular weight is 680 g/mol. The van der Waals surface area contributed by atoms with Crippen LogP contribution in [0.4, 0.5) is 4.79 Å². The highest BCUT2D eigenvalue weighted by Crippen LogP contribution is 2.56. The number of hydrogen-bond donors (Lipinski definition) is 3. The molecule has 240 valence electrons. The van der Waals surface area contributed by atoms with E-state index in [2.05, 4.69) is 28.2 Å². The first kappa shape index (κ1) is 31.7. The van der Waals surface area contributed by atoms with Crippen LogP contribution in [0.2, 0.25) is 0 Å². The maximum absolute atomic E-state index is 12.8. The molecule has 3 N–H and O–H groups in total. The van der Waals surface area contributed by atoms with Gasteiger partial charge in [-0.15, -0.1) is 0 Å². The molecule has 2 aromatic carbocycles. The molecule has 5 atom stereocenters. The SMILES string of the molecule is C=CCOc1c(C)c2c(c3c1C[C@H]1[C@@H]4N[C@H](Cc5cc(C)c(OC)c(O)c54)[C@H](C#N)N1[C@H]3CNC(=O)OCC(Cl)(Cl)Cl)OCO2. The van der Waals surface area contributed by atoms with Crippen LogP contribution in [-0.4, -0.2) is 71.7 Å². The molecule has 45 heavy (non-hydrogen) atoms. The minimum absolute atomic E-state index is 0.0112. The molecule has 1 saturated heterocycles. The number of hydrogen-bond acceptors (Lipinski definition) is 10. The summed E-state index contributed by atoms with van der Waals surface area (Å²) in [5.41, 5.74) is 4.86. The molecule has 0 spiro atoms. The second-order valence-electron chi connectivity index (χ2n) is 11.5. The van der Waals surface area contributed by atoms with Crippen molar-refractivity contribution >= 4 is 40.9 Å². The lowest BCUT2D eigenvalue weighted by molar-refractivity contribution is -0.00130. The fourth-order valence-corrected chi connectivity index (χ4v) is 7.49. The van der Waals surface area contributed by atoms with Gasteiger partial charge in [-0.1, -0.05) is 53.5 Å². The molecule has 4 aliphatic rings. The minimum Gasteiger partial charge on any atom is -0.504 e. The summed E-state index contributed by atoms with van der Waals surface area (Å²) < 4.78 is 27.2. The van der Waals surface area contributed by atoms with Crippen LogP contribution in [-0.2, 0) is 17.6 Å². The molecular weight excluding hydrogens is 647 g/mol. The van der Waals surface area contributed by atoms with E-state index in [4.69, 9.17) is 58.5 Å². The number of aromatic hydroxyl groups is 1. The molecular formula is C31H33Cl3N4O7. The number of fused-ring (bicyclic) bond motifs is 9. The maximum atomic E-state index is 12.8. The molecule has 2 aromatic rings. The minimum atomic E-state index is -1.78. The molecule has 11 nitrogen and oxygen atoms in total. The number of nitrogens with one attached hydrogen (secondary N) is 2. The van der Waals surface area contributed by atoms with Crippen LogP contribution in [0.15, 0.2) is 18.7 Å². The quantitative estimate of drug-likeness (QED) is 0.276. The number of nitriles is 1. The first-order chi connectivity index (χ1) is 21.5. The van der Waals surface area contributed by atoms with Gasteiger partial charge in [0.1, 0.15) is 25.0 Å². The van der Waals surface area contributed by atoms with Gasteiger partial charge in [-0.2, -0.15) is 5.26 Å². The van der Waals surface area contributed by atoms with E-state index in [1.165, 1.54) is 7.11 Å². The lowest BCUT2D eigenvalue weighted by atomic mass is 9.72. The van der Waals surface area contributed by atoms with Gasteiger partial charge in [0.25, 0.3) is 0 Å². The Morgan fingerprint density at radius 3 is 2.71 bits per heavy atom. The molecule has 4 aliphatic heterocycles. The molecule has 1 amide bonds. The normalized spacial score (nSPS) is 24.4. The summed E-state index contributed by atoms with van der Waals surface area (Å²) in [7, 11) is 1.53. The van der Waals surface area contributed by atoms with E-state index in [9.17, 15) is 15.2 Å². The fraction of sp³-hybridized carbons (Fsp3) is 0.484. The Labute approximate surface area is 275 Å². The van der Waals surface area contributed by atoms with E-state index in [0.717, 1.165) is 33.4 Å². The van der Waals surface area contributed by atoms with Crippen molar-refractivity contribution in [2.75, 3.05) is 33.7 Å². The Kier molecular flexibility index (Phi) is 8.56. The van der Waals surface area contributed by atoms with Crippen molar-refractivity contribution < 1.29 is 33.6 Å². The van der Waals surface area contributed by atoms with Crippen molar-refractivity contribution in [3.05, 3.63) is 52.1 Å². The summed E-state index contributed by atoms with van der Waals surface area (Å²) in [6.07, 6.45) is 1.81. The predicted molar refractivity (Wildman–Crippen MR) is 167 cm³/mol. The Hall–Kier alpha value is -3.27. The highest BCUT2D eigenvalue weighted by Gasteiger charge is 2.54. The van der Waals surface area contributed by atoms with Crippen molar-refractivity contribution in [1.82, 2.24) is 15.5 Å². The summed E-state index contributed by atoms with van der Waals surface area (Å²) in [5.74, 6) is 2.18. The largest absolute Gasteiger partial charge is 0.504 e. The van der Waals surface area contributed by atoms with Gasteiger partial charge in [-0.25, -0.2) is 4.79 Å².